The zero-order valence-corrected chi connectivity index (χ0v) is 10.7. The van der Waals surface area contributed by atoms with E-state index in [1.807, 2.05) is 0 Å². The third-order valence-corrected chi connectivity index (χ3v) is 3.16. The van der Waals surface area contributed by atoms with E-state index in [4.69, 9.17) is 9.84 Å². The Morgan fingerprint density at radius 1 is 1.53 bits per heavy atom. The molecule has 1 heterocycles. The van der Waals surface area contributed by atoms with E-state index < -0.39 is 0 Å². The molecule has 0 aromatic heterocycles. The Morgan fingerprint density at radius 3 is 3.00 bits per heavy atom. The number of ether oxygens (including phenoxy) is 1. The lowest BCUT2D eigenvalue weighted by atomic mass is 10.0. The van der Waals surface area contributed by atoms with Crippen molar-refractivity contribution in [3.8, 4) is 0 Å². The molecule has 1 atom stereocenters. The molecule has 17 heavy (non-hydrogen) atoms. The molecule has 1 amide bonds. The minimum absolute atomic E-state index is 0.0341. The Kier molecular flexibility index (Phi) is 7.16. The first-order valence-corrected chi connectivity index (χ1v) is 6.37. The fourth-order valence-electron chi connectivity index (χ4n) is 1.97. The van der Waals surface area contributed by atoms with Crippen LogP contribution in [0.15, 0.2) is 0 Å². The molecule has 5 nitrogen and oxygen atoms in total. The van der Waals surface area contributed by atoms with Crippen LogP contribution in [-0.2, 0) is 9.53 Å². The topological polar surface area (TPSA) is 61.8 Å². The van der Waals surface area contributed by atoms with Crippen LogP contribution in [0.4, 0.5) is 0 Å². The fraction of sp³-hybridized carbons (Fsp3) is 0.917. The predicted molar refractivity (Wildman–Crippen MR) is 65.8 cm³/mol. The summed E-state index contributed by atoms with van der Waals surface area (Å²) in [5, 5.41) is 11.8. The van der Waals surface area contributed by atoms with Crippen LogP contribution < -0.4 is 5.32 Å². The monoisotopic (exact) mass is 244 g/mol. The van der Waals surface area contributed by atoms with E-state index in [2.05, 4.69) is 5.32 Å². The van der Waals surface area contributed by atoms with Gasteiger partial charge in [-0.05, 0) is 31.8 Å². The van der Waals surface area contributed by atoms with Gasteiger partial charge < -0.3 is 20.1 Å². The molecule has 0 saturated carbocycles. The average Bonchev–Trinajstić information content (AvgIpc) is 2.84. The third-order valence-electron chi connectivity index (χ3n) is 3.16. The molecular weight excluding hydrogens is 220 g/mol. The van der Waals surface area contributed by atoms with Crippen molar-refractivity contribution in [1.29, 1.82) is 0 Å². The van der Waals surface area contributed by atoms with Crippen molar-refractivity contribution < 1.29 is 14.6 Å². The van der Waals surface area contributed by atoms with Crippen LogP contribution in [0.25, 0.3) is 0 Å². The maximum absolute atomic E-state index is 11.8. The van der Waals surface area contributed by atoms with E-state index >= 15 is 0 Å². The standard InChI is InChI=1S/C12H24N2O3/c1-14(6-8-17-9-7-15)12(16)3-2-11-4-5-13-10-11/h11,13,15H,2-10H2,1H3. The summed E-state index contributed by atoms with van der Waals surface area (Å²) in [7, 11) is 1.80. The van der Waals surface area contributed by atoms with Crippen molar-refractivity contribution >= 4 is 5.91 Å². The summed E-state index contributed by atoms with van der Waals surface area (Å²) >= 11 is 0. The van der Waals surface area contributed by atoms with Crippen molar-refractivity contribution in [2.75, 3.05) is 46.5 Å². The van der Waals surface area contributed by atoms with E-state index in [9.17, 15) is 4.79 Å². The largest absolute Gasteiger partial charge is 0.394 e. The summed E-state index contributed by atoms with van der Waals surface area (Å²) in [6, 6.07) is 0. The van der Waals surface area contributed by atoms with Crippen LogP contribution >= 0.6 is 0 Å². The lowest BCUT2D eigenvalue weighted by Crippen LogP contribution is -2.30. The highest BCUT2D eigenvalue weighted by Crippen LogP contribution is 2.14. The first-order chi connectivity index (χ1) is 8.24. The summed E-state index contributed by atoms with van der Waals surface area (Å²) in [6.45, 7) is 3.61. The summed E-state index contributed by atoms with van der Waals surface area (Å²) in [5.74, 6) is 0.850. The number of aliphatic hydroxyl groups is 1. The minimum atomic E-state index is 0.0341. The smallest absolute Gasteiger partial charge is 0.222 e. The quantitative estimate of drug-likeness (QED) is 0.583. The van der Waals surface area contributed by atoms with Crippen molar-refractivity contribution in [3.05, 3.63) is 0 Å². The van der Waals surface area contributed by atoms with Gasteiger partial charge in [0.15, 0.2) is 0 Å². The zero-order valence-electron chi connectivity index (χ0n) is 10.7. The fourth-order valence-corrected chi connectivity index (χ4v) is 1.97. The van der Waals surface area contributed by atoms with Gasteiger partial charge in [-0.25, -0.2) is 0 Å². The summed E-state index contributed by atoms with van der Waals surface area (Å²) in [6.07, 6.45) is 2.80. The van der Waals surface area contributed by atoms with Gasteiger partial charge in [0.05, 0.1) is 19.8 Å². The van der Waals surface area contributed by atoms with Crippen LogP contribution in [0.1, 0.15) is 19.3 Å². The van der Waals surface area contributed by atoms with Gasteiger partial charge in [-0.1, -0.05) is 0 Å². The number of rotatable bonds is 8. The van der Waals surface area contributed by atoms with Gasteiger partial charge in [0.1, 0.15) is 0 Å². The first-order valence-electron chi connectivity index (χ1n) is 6.37. The maximum Gasteiger partial charge on any atom is 0.222 e. The summed E-state index contributed by atoms with van der Waals surface area (Å²) in [4.78, 5) is 13.5. The molecule has 1 unspecified atom stereocenters. The molecule has 1 saturated heterocycles. The molecule has 1 aliphatic heterocycles. The van der Waals surface area contributed by atoms with Gasteiger partial charge in [-0.15, -0.1) is 0 Å². The molecule has 0 aliphatic carbocycles. The lowest BCUT2D eigenvalue weighted by molar-refractivity contribution is -0.130. The molecule has 0 bridgehead atoms. The van der Waals surface area contributed by atoms with Crippen molar-refractivity contribution in [2.24, 2.45) is 5.92 Å². The SMILES string of the molecule is CN(CCOCCO)C(=O)CCC1CCNC1. The third kappa shape index (κ3) is 6.00. The van der Waals surface area contributed by atoms with Gasteiger partial charge in [0.2, 0.25) is 5.91 Å². The van der Waals surface area contributed by atoms with Crippen LogP contribution in [0.2, 0.25) is 0 Å². The average molecular weight is 244 g/mol. The molecule has 100 valence electrons. The minimum Gasteiger partial charge on any atom is -0.394 e. The molecule has 1 rings (SSSR count). The van der Waals surface area contributed by atoms with Crippen LogP contribution in [0.3, 0.4) is 0 Å². The van der Waals surface area contributed by atoms with E-state index in [1.165, 1.54) is 6.42 Å². The predicted octanol–water partition coefficient (Wildman–Crippen LogP) is -0.157. The molecule has 0 radical (unpaired) electrons. The van der Waals surface area contributed by atoms with Gasteiger partial charge in [-0.2, -0.15) is 0 Å². The Balaban J connectivity index is 2.04. The molecular formula is C12H24N2O3. The second-order valence-corrected chi connectivity index (χ2v) is 4.55. The van der Waals surface area contributed by atoms with Crippen molar-refractivity contribution in [1.82, 2.24) is 10.2 Å². The Labute approximate surface area is 103 Å². The molecule has 5 heteroatoms. The number of nitrogens with zero attached hydrogens (tertiary/aromatic N) is 1. The summed E-state index contributed by atoms with van der Waals surface area (Å²) < 4.78 is 5.13. The zero-order chi connectivity index (χ0) is 12.5. The normalized spacial score (nSPS) is 19.5. The van der Waals surface area contributed by atoms with Gasteiger partial charge in [0, 0.05) is 20.0 Å². The molecule has 1 fully saturated rings. The molecule has 0 aromatic rings. The van der Waals surface area contributed by atoms with Crippen molar-refractivity contribution in [2.45, 2.75) is 19.3 Å². The number of carbonyl (C=O) groups excluding carboxylic acids is 1. The number of aliphatic hydroxyl groups excluding tert-OH is 1. The van der Waals surface area contributed by atoms with Crippen LogP contribution in [0, 0.1) is 5.92 Å². The Hall–Kier alpha value is -0.650. The number of hydrogen-bond acceptors (Lipinski definition) is 4. The second-order valence-electron chi connectivity index (χ2n) is 4.55. The number of likely N-dealkylation sites (N-methyl/N-ethyl adjacent to an activating group) is 1. The molecule has 1 aliphatic rings. The lowest BCUT2D eigenvalue weighted by Gasteiger charge is -2.18. The van der Waals surface area contributed by atoms with E-state index in [0.717, 1.165) is 19.5 Å². The van der Waals surface area contributed by atoms with Gasteiger partial charge in [-0.3, -0.25) is 4.79 Å². The van der Waals surface area contributed by atoms with Crippen LogP contribution in [0.5, 0.6) is 0 Å². The second kappa shape index (κ2) is 8.44. The highest BCUT2D eigenvalue weighted by Gasteiger charge is 2.17. The van der Waals surface area contributed by atoms with E-state index in [-0.39, 0.29) is 12.5 Å². The highest BCUT2D eigenvalue weighted by molar-refractivity contribution is 5.75. The number of amides is 1. The molecule has 0 spiro atoms. The van der Waals surface area contributed by atoms with Crippen molar-refractivity contribution in [3.63, 3.8) is 0 Å². The first kappa shape index (κ1) is 14.4. The number of nitrogens with one attached hydrogen (secondary N) is 1. The number of carbonyl (C=O) groups is 1. The van der Waals surface area contributed by atoms with Gasteiger partial charge >= 0.3 is 0 Å². The maximum atomic E-state index is 11.8. The van der Waals surface area contributed by atoms with E-state index in [1.54, 1.807) is 11.9 Å². The van der Waals surface area contributed by atoms with Crippen LogP contribution in [-0.4, -0.2) is 62.4 Å². The van der Waals surface area contributed by atoms with Gasteiger partial charge in [0.25, 0.3) is 0 Å². The Morgan fingerprint density at radius 2 is 2.35 bits per heavy atom. The highest BCUT2D eigenvalue weighted by atomic mass is 16.5. The molecule has 2 N–H and O–H groups in total. The summed E-state index contributed by atoms with van der Waals surface area (Å²) in [5.41, 5.74) is 0. The molecule has 0 aromatic carbocycles. The number of hydrogen-bond donors (Lipinski definition) is 2. The van der Waals surface area contributed by atoms with E-state index in [0.29, 0.717) is 32.1 Å². The Bertz CT molecular complexity index is 218.